The number of carbonyl (C=O) groups excluding carboxylic acids is 1. The SMILES string of the molecule is Cl.NCC1(C(=O)N2CCCCCC2)CCCC1. The average Bonchev–Trinajstić information content (AvgIpc) is 2.64. The van der Waals surface area contributed by atoms with E-state index < -0.39 is 0 Å². The summed E-state index contributed by atoms with van der Waals surface area (Å²) in [5.41, 5.74) is 5.68. The van der Waals surface area contributed by atoms with Crippen LogP contribution in [-0.2, 0) is 4.79 Å². The van der Waals surface area contributed by atoms with Gasteiger partial charge in [-0.15, -0.1) is 12.4 Å². The van der Waals surface area contributed by atoms with Gasteiger partial charge in [-0.3, -0.25) is 4.79 Å². The quantitative estimate of drug-likeness (QED) is 0.828. The Hall–Kier alpha value is -0.280. The van der Waals surface area contributed by atoms with Crippen molar-refractivity contribution < 1.29 is 4.79 Å². The van der Waals surface area contributed by atoms with Crippen molar-refractivity contribution in [1.29, 1.82) is 0 Å². The number of rotatable bonds is 2. The smallest absolute Gasteiger partial charge is 0.230 e. The van der Waals surface area contributed by atoms with Crippen LogP contribution in [0.5, 0.6) is 0 Å². The molecule has 0 aromatic carbocycles. The molecule has 0 aromatic rings. The molecule has 0 atom stereocenters. The summed E-state index contributed by atoms with van der Waals surface area (Å²) >= 11 is 0. The summed E-state index contributed by atoms with van der Waals surface area (Å²) in [6, 6.07) is 0. The molecular formula is C13H25ClN2O. The second-order valence-corrected chi connectivity index (χ2v) is 5.40. The summed E-state index contributed by atoms with van der Waals surface area (Å²) in [5.74, 6) is 0.356. The van der Waals surface area contributed by atoms with Crippen molar-refractivity contribution in [1.82, 2.24) is 4.90 Å². The molecule has 4 heteroatoms. The summed E-state index contributed by atoms with van der Waals surface area (Å²) in [7, 11) is 0. The van der Waals surface area contributed by atoms with Gasteiger partial charge in [0.25, 0.3) is 0 Å². The molecule has 1 amide bonds. The van der Waals surface area contributed by atoms with Crippen LogP contribution in [0.3, 0.4) is 0 Å². The second-order valence-electron chi connectivity index (χ2n) is 5.40. The van der Waals surface area contributed by atoms with Gasteiger partial charge in [-0.1, -0.05) is 25.7 Å². The van der Waals surface area contributed by atoms with Gasteiger partial charge in [0.05, 0.1) is 5.41 Å². The van der Waals surface area contributed by atoms with E-state index in [9.17, 15) is 4.79 Å². The lowest BCUT2D eigenvalue weighted by Crippen LogP contribution is -2.47. The molecule has 0 unspecified atom stereocenters. The first kappa shape index (κ1) is 14.8. The summed E-state index contributed by atoms with van der Waals surface area (Å²) in [6.45, 7) is 2.46. The van der Waals surface area contributed by atoms with Crippen LogP contribution in [-0.4, -0.2) is 30.4 Å². The second kappa shape index (κ2) is 6.60. The summed E-state index contributed by atoms with van der Waals surface area (Å²) in [4.78, 5) is 14.6. The zero-order valence-corrected chi connectivity index (χ0v) is 11.4. The molecule has 2 aliphatic rings. The fourth-order valence-electron chi connectivity index (χ4n) is 3.17. The van der Waals surface area contributed by atoms with Gasteiger partial charge in [0, 0.05) is 19.6 Å². The normalized spacial score (nSPS) is 23.9. The van der Waals surface area contributed by atoms with Gasteiger partial charge in [-0.25, -0.2) is 0 Å². The predicted molar refractivity (Wildman–Crippen MR) is 72.3 cm³/mol. The van der Waals surface area contributed by atoms with Crippen molar-refractivity contribution in [2.75, 3.05) is 19.6 Å². The zero-order chi connectivity index (χ0) is 11.4. The maximum atomic E-state index is 12.6. The molecule has 1 aliphatic heterocycles. The molecule has 1 aliphatic carbocycles. The number of halogens is 1. The molecule has 2 fully saturated rings. The van der Waals surface area contributed by atoms with E-state index in [2.05, 4.69) is 4.90 Å². The number of likely N-dealkylation sites (tertiary alicyclic amines) is 1. The first-order valence-corrected chi connectivity index (χ1v) is 6.78. The third kappa shape index (κ3) is 3.14. The highest BCUT2D eigenvalue weighted by Gasteiger charge is 2.42. The number of nitrogens with two attached hydrogens (primary N) is 1. The molecule has 100 valence electrons. The number of carbonyl (C=O) groups is 1. The highest BCUT2D eigenvalue weighted by atomic mass is 35.5. The van der Waals surface area contributed by atoms with Gasteiger partial charge in [0.2, 0.25) is 5.91 Å². The monoisotopic (exact) mass is 260 g/mol. The molecule has 3 nitrogen and oxygen atoms in total. The molecular weight excluding hydrogens is 236 g/mol. The number of amides is 1. The van der Waals surface area contributed by atoms with Crippen molar-refractivity contribution in [3.05, 3.63) is 0 Å². The van der Waals surface area contributed by atoms with E-state index in [0.717, 1.165) is 25.9 Å². The molecule has 0 aromatic heterocycles. The molecule has 0 bridgehead atoms. The van der Waals surface area contributed by atoms with Crippen molar-refractivity contribution in [3.8, 4) is 0 Å². The van der Waals surface area contributed by atoms with E-state index in [1.807, 2.05) is 0 Å². The first-order chi connectivity index (χ1) is 7.78. The molecule has 1 saturated heterocycles. The molecule has 1 heterocycles. The van der Waals surface area contributed by atoms with Crippen molar-refractivity contribution in [3.63, 3.8) is 0 Å². The van der Waals surface area contributed by atoms with E-state index in [-0.39, 0.29) is 17.8 Å². The van der Waals surface area contributed by atoms with Gasteiger partial charge >= 0.3 is 0 Å². The van der Waals surface area contributed by atoms with E-state index in [1.54, 1.807) is 0 Å². The number of hydrogen-bond donors (Lipinski definition) is 1. The minimum Gasteiger partial charge on any atom is -0.342 e. The lowest BCUT2D eigenvalue weighted by atomic mass is 9.84. The molecule has 2 N–H and O–H groups in total. The Labute approximate surface area is 111 Å². The van der Waals surface area contributed by atoms with Gasteiger partial charge in [-0.2, -0.15) is 0 Å². The van der Waals surface area contributed by atoms with Crippen LogP contribution in [0.15, 0.2) is 0 Å². The number of nitrogens with zero attached hydrogens (tertiary/aromatic N) is 1. The van der Waals surface area contributed by atoms with Crippen molar-refractivity contribution in [2.24, 2.45) is 11.1 Å². The van der Waals surface area contributed by atoms with Crippen LogP contribution in [0.25, 0.3) is 0 Å². The largest absolute Gasteiger partial charge is 0.342 e. The van der Waals surface area contributed by atoms with Crippen LogP contribution in [0.4, 0.5) is 0 Å². The lowest BCUT2D eigenvalue weighted by Gasteiger charge is -2.32. The zero-order valence-electron chi connectivity index (χ0n) is 10.6. The molecule has 1 saturated carbocycles. The van der Waals surface area contributed by atoms with Crippen LogP contribution < -0.4 is 5.73 Å². The van der Waals surface area contributed by atoms with Crippen LogP contribution in [0.1, 0.15) is 51.4 Å². The third-order valence-electron chi connectivity index (χ3n) is 4.30. The fourth-order valence-corrected chi connectivity index (χ4v) is 3.17. The van der Waals surface area contributed by atoms with Gasteiger partial charge < -0.3 is 10.6 Å². The summed E-state index contributed by atoms with van der Waals surface area (Å²) in [5, 5.41) is 0. The van der Waals surface area contributed by atoms with E-state index in [4.69, 9.17) is 5.73 Å². The van der Waals surface area contributed by atoms with Crippen LogP contribution in [0.2, 0.25) is 0 Å². The predicted octanol–water partition coefficient (Wildman–Crippen LogP) is 2.33. The van der Waals surface area contributed by atoms with E-state index >= 15 is 0 Å². The highest BCUT2D eigenvalue weighted by molar-refractivity contribution is 5.85. The van der Waals surface area contributed by atoms with Crippen molar-refractivity contribution >= 4 is 18.3 Å². The molecule has 17 heavy (non-hydrogen) atoms. The van der Waals surface area contributed by atoms with Crippen molar-refractivity contribution in [2.45, 2.75) is 51.4 Å². The Morgan fingerprint density at radius 3 is 2.00 bits per heavy atom. The Kier molecular flexibility index (Phi) is 5.74. The third-order valence-corrected chi connectivity index (χ3v) is 4.30. The Morgan fingerprint density at radius 2 is 1.53 bits per heavy atom. The average molecular weight is 261 g/mol. The first-order valence-electron chi connectivity index (χ1n) is 6.78. The molecule has 0 radical (unpaired) electrons. The highest BCUT2D eigenvalue weighted by Crippen LogP contribution is 2.39. The van der Waals surface area contributed by atoms with Gasteiger partial charge in [-0.05, 0) is 25.7 Å². The fraction of sp³-hybridized carbons (Fsp3) is 0.923. The van der Waals surface area contributed by atoms with Gasteiger partial charge in [0.15, 0.2) is 0 Å². The summed E-state index contributed by atoms with van der Waals surface area (Å²) < 4.78 is 0. The topological polar surface area (TPSA) is 46.3 Å². The van der Waals surface area contributed by atoms with E-state index in [0.29, 0.717) is 12.5 Å². The van der Waals surface area contributed by atoms with Crippen LogP contribution in [0, 0.1) is 5.41 Å². The Morgan fingerprint density at radius 1 is 1.00 bits per heavy atom. The lowest BCUT2D eigenvalue weighted by molar-refractivity contribution is -0.141. The van der Waals surface area contributed by atoms with Crippen LogP contribution >= 0.6 is 12.4 Å². The van der Waals surface area contributed by atoms with E-state index in [1.165, 1.54) is 38.5 Å². The number of hydrogen-bond acceptors (Lipinski definition) is 2. The standard InChI is InChI=1S/C13H24N2O.ClH/c14-11-13(7-3-4-8-13)12(16)15-9-5-1-2-6-10-15;/h1-11,14H2;1H. The Balaban J connectivity index is 0.00000144. The molecule has 2 rings (SSSR count). The minimum absolute atomic E-state index is 0. The maximum Gasteiger partial charge on any atom is 0.230 e. The maximum absolute atomic E-state index is 12.6. The Bertz CT molecular complexity index is 244. The minimum atomic E-state index is -0.190. The molecule has 0 spiro atoms. The van der Waals surface area contributed by atoms with Gasteiger partial charge in [0.1, 0.15) is 0 Å². The summed E-state index contributed by atoms with van der Waals surface area (Å²) in [6.07, 6.45) is 9.28.